The summed E-state index contributed by atoms with van der Waals surface area (Å²) < 4.78 is 11.9. The van der Waals surface area contributed by atoms with Gasteiger partial charge in [0.1, 0.15) is 6.61 Å². The maximum Gasteiger partial charge on any atom is 0.378 e. The normalized spacial score (nSPS) is 16.0. The zero-order valence-electron chi connectivity index (χ0n) is 17.5. The van der Waals surface area contributed by atoms with Crippen LogP contribution in [-0.4, -0.2) is 50.8 Å². The largest absolute Gasteiger partial charge is 0.463 e. The number of carbonyl (C=O) groups excluding carboxylic acids is 3. The van der Waals surface area contributed by atoms with Crippen molar-refractivity contribution in [1.29, 1.82) is 0 Å². The van der Waals surface area contributed by atoms with E-state index in [4.69, 9.17) is 9.47 Å². The Hall–Kier alpha value is -3.80. The number of thiophene rings is 1. The molecule has 166 valence electrons. The molecule has 0 saturated heterocycles. The maximum absolute atomic E-state index is 12.7. The van der Waals surface area contributed by atoms with Crippen LogP contribution in [0.5, 0.6) is 0 Å². The first kappa shape index (κ1) is 21.4. The molecule has 2 N–H and O–H groups in total. The highest BCUT2D eigenvalue weighted by molar-refractivity contribution is 7.10. The number of esters is 2. The van der Waals surface area contributed by atoms with Crippen LogP contribution in [0.25, 0.3) is 5.78 Å². The average Bonchev–Trinajstić information content (AvgIpc) is 3.41. The molecule has 32 heavy (non-hydrogen) atoms. The van der Waals surface area contributed by atoms with Gasteiger partial charge in [-0.15, -0.1) is 16.4 Å². The summed E-state index contributed by atoms with van der Waals surface area (Å²) in [6.07, 6.45) is 0. The number of nitrogens with zero attached hydrogens (tertiary/aromatic N) is 4. The van der Waals surface area contributed by atoms with Gasteiger partial charge in [0.05, 0.1) is 23.9 Å². The number of rotatable bonds is 6. The van der Waals surface area contributed by atoms with Gasteiger partial charge in [-0.05, 0) is 38.3 Å². The Kier molecular flexibility index (Phi) is 5.86. The van der Waals surface area contributed by atoms with Crippen LogP contribution in [0.1, 0.15) is 39.8 Å². The molecule has 0 unspecified atom stereocenters. The van der Waals surface area contributed by atoms with Gasteiger partial charge >= 0.3 is 18.0 Å². The van der Waals surface area contributed by atoms with Crippen LogP contribution in [0.15, 0.2) is 34.8 Å². The van der Waals surface area contributed by atoms with E-state index in [9.17, 15) is 14.4 Å². The molecule has 0 aliphatic carbocycles. The number of fused-ring (bicyclic) bond motifs is 1. The lowest BCUT2D eigenvalue weighted by atomic mass is 10.0. The zero-order valence-corrected chi connectivity index (χ0v) is 18.4. The van der Waals surface area contributed by atoms with Gasteiger partial charge in [0.2, 0.25) is 0 Å². The Balaban J connectivity index is 1.62. The summed E-state index contributed by atoms with van der Waals surface area (Å²) >= 11 is 1.38. The van der Waals surface area contributed by atoms with Crippen LogP contribution in [-0.2, 0) is 14.3 Å². The Morgan fingerprint density at radius 1 is 1.22 bits per heavy atom. The molecular formula is C20H20N6O5S. The summed E-state index contributed by atoms with van der Waals surface area (Å²) in [7, 11) is 0. The first-order valence-corrected chi connectivity index (χ1v) is 10.6. The van der Waals surface area contributed by atoms with Crippen LogP contribution in [0.3, 0.4) is 0 Å². The lowest BCUT2D eigenvalue weighted by molar-refractivity contribution is -0.139. The molecule has 0 aromatic carbocycles. The molecule has 4 rings (SSSR count). The molecule has 3 aromatic rings. The minimum absolute atomic E-state index is 0.132. The Labute approximate surface area is 186 Å². The number of hydrogen-bond donors (Lipinski definition) is 2. The van der Waals surface area contributed by atoms with Gasteiger partial charge in [-0.1, -0.05) is 6.07 Å². The van der Waals surface area contributed by atoms with Crippen molar-refractivity contribution in [3.63, 3.8) is 0 Å². The number of nitrogens with one attached hydrogen (secondary N) is 2. The quantitative estimate of drug-likeness (QED) is 0.536. The number of amides is 2. The van der Waals surface area contributed by atoms with Crippen molar-refractivity contribution < 1.29 is 23.9 Å². The molecule has 0 fully saturated rings. The average molecular weight is 456 g/mol. The van der Waals surface area contributed by atoms with Crippen molar-refractivity contribution in [1.82, 2.24) is 30.2 Å². The van der Waals surface area contributed by atoms with Crippen LogP contribution >= 0.6 is 11.3 Å². The molecule has 3 aromatic heterocycles. The number of aryl methyl sites for hydroxylation is 2. The summed E-state index contributed by atoms with van der Waals surface area (Å²) in [5.41, 5.74) is 1.80. The van der Waals surface area contributed by atoms with Crippen molar-refractivity contribution in [3.8, 4) is 0 Å². The van der Waals surface area contributed by atoms with Crippen molar-refractivity contribution >= 4 is 35.1 Å². The van der Waals surface area contributed by atoms with E-state index in [1.54, 1.807) is 13.0 Å². The fourth-order valence-corrected chi connectivity index (χ4v) is 4.09. The Morgan fingerprint density at radius 3 is 2.75 bits per heavy atom. The van der Waals surface area contributed by atoms with E-state index in [1.165, 1.54) is 15.9 Å². The van der Waals surface area contributed by atoms with Gasteiger partial charge in [-0.3, -0.25) is 0 Å². The van der Waals surface area contributed by atoms with Crippen molar-refractivity contribution in [2.45, 2.75) is 26.8 Å². The smallest absolute Gasteiger partial charge is 0.378 e. The van der Waals surface area contributed by atoms with E-state index in [2.05, 4.69) is 25.7 Å². The van der Waals surface area contributed by atoms with Crippen molar-refractivity contribution in [3.05, 3.63) is 56.9 Å². The predicted molar refractivity (Wildman–Crippen MR) is 113 cm³/mol. The van der Waals surface area contributed by atoms with Gasteiger partial charge in [-0.2, -0.15) is 4.98 Å². The van der Waals surface area contributed by atoms with Crippen LogP contribution in [0, 0.1) is 13.8 Å². The summed E-state index contributed by atoms with van der Waals surface area (Å²) in [5.74, 6) is -1.34. The van der Waals surface area contributed by atoms with E-state index >= 15 is 0 Å². The molecule has 0 radical (unpaired) electrons. The first-order valence-electron chi connectivity index (χ1n) is 9.76. The highest BCUT2D eigenvalue weighted by Gasteiger charge is 2.35. The van der Waals surface area contributed by atoms with Crippen LogP contribution < -0.4 is 10.6 Å². The molecule has 1 aliphatic rings. The van der Waals surface area contributed by atoms with Crippen LogP contribution in [0.4, 0.5) is 4.79 Å². The highest BCUT2D eigenvalue weighted by Crippen LogP contribution is 2.30. The lowest BCUT2D eigenvalue weighted by Crippen LogP contribution is -2.47. The second-order valence-corrected chi connectivity index (χ2v) is 7.90. The molecule has 0 saturated carbocycles. The second-order valence-electron chi connectivity index (χ2n) is 6.92. The van der Waals surface area contributed by atoms with Gasteiger partial charge in [-0.25, -0.2) is 23.9 Å². The number of ether oxygens (including phenoxy) is 2. The third-order valence-electron chi connectivity index (χ3n) is 4.63. The van der Waals surface area contributed by atoms with Gasteiger partial charge in [0.15, 0.2) is 0 Å². The van der Waals surface area contributed by atoms with Crippen LogP contribution in [0.2, 0.25) is 0 Å². The third kappa shape index (κ3) is 4.17. The number of urea groups is 1. The lowest BCUT2D eigenvalue weighted by Gasteiger charge is -2.28. The third-order valence-corrected chi connectivity index (χ3v) is 5.56. The molecule has 1 aliphatic heterocycles. The fourth-order valence-electron chi connectivity index (χ4n) is 3.31. The molecule has 0 bridgehead atoms. The summed E-state index contributed by atoms with van der Waals surface area (Å²) in [5, 5.41) is 11.2. The first-order chi connectivity index (χ1) is 15.4. The highest BCUT2D eigenvalue weighted by atomic mass is 32.1. The van der Waals surface area contributed by atoms with E-state index in [-0.39, 0.29) is 36.1 Å². The number of aromatic nitrogens is 4. The van der Waals surface area contributed by atoms with Gasteiger partial charge in [0, 0.05) is 16.3 Å². The molecule has 1 atom stereocenters. The molecule has 0 spiro atoms. The summed E-state index contributed by atoms with van der Waals surface area (Å²) in [4.78, 5) is 46.6. The zero-order chi connectivity index (χ0) is 22.8. The van der Waals surface area contributed by atoms with Gasteiger partial charge in [0.25, 0.3) is 11.6 Å². The summed E-state index contributed by atoms with van der Waals surface area (Å²) in [6.45, 7) is 5.09. The second kappa shape index (κ2) is 8.75. The molecule has 12 heteroatoms. The number of carbonyl (C=O) groups is 3. The minimum Gasteiger partial charge on any atom is -0.463 e. The fraction of sp³-hybridized carbons (Fsp3) is 0.300. The Morgan fingerprint density at radius 2 is 2.03 bits per heavy atom. The topological polar surface area (TPSA) is 137 Å². The molecule has 11 nitrogen and oxygen atoms in total. The SMILES string of the molecule is CCOC(=O)C1=C(COC(=O)c2nc3nc(C)cc(C)n3n2)NC(=O)N[C@H]1c1cccs1. The monoisotopic (exact) mass is 456 g/mol. The maximum atomic E-state index is 12.7. The standard InChI is InChI=1S/C20H20N6O5S/c1-4-30-17(27)14-12(22-20(29)23-15(14)13-6-5-7-32-13)9-31-18(28)16-24-19-21-10(2)8-11(3)26(19)25-16/h5-8,15H,4,9H2,1-3H3,(H2,22,23,29)/t15-/m0/s1. The van der Waals surface area contributed by atoms with Crippen molar-refractivity contribution in [2.24, 2.45) is 0 Å². The van der Waals surface area contributed by atoms with E-state index in [0.29, 0.717) is 0 Å². The van der Waals surface area contributed by atoms with Crippen molar-refractivity contribution in [2.75, 3.05) is 13.2 Å². The van der Waals surface area contributed by atoms with E-state index in [0.717, 1.165) is 16.3 Å². The van der Waals surface area contributed by atoms with E-state index in [1.807, 2.05) is 31.4 Å². The predicted octanol–water partition coefficient (Wildman–Crippen LogP) is 1.83. The molecular weight excluding hydrogens is 436 g/mol. The summed E-state index contributed by atoms with van der Waals surface area (Å²) in [6, 6.07) is 4.16. The minimum atomic E-state index is -0.816. The van der Waals surface area contributed by atoms with E-state index < -0.39 is 24.0 Å². The number of hydrogen-bond acceptors (Lipinski definition) is 9. The molecule has 4 heterocycles. The van der Waals surface area contributed by atoms with Gasteiger partial charge < -0.3 is 20.1 Å². The molecule has 2 amide bonds. The Bertz CT molecular complexity index is 1230.